The second kappa shape index (κ2) is 21.4. The van der Waals surface area contributed by atoms with Gasteiger partial charge in [-0.2, -0.15) is 13.2 Å². The van der Waals surface area contributed by atoms with Crippen LogP contribution in [-0.2, 0) is 46.3 Å². The van der Waals surface area contributed by atoms with Gasteiger partial charge in [-0.3, -0.25) is 33.6 Å². The Bertz CT molecular complexity index is 2030. The number of nitrogens with one attached hydrogen (secondary N) is 4. The molecule has 5 rings (SSSR count). The van der Waals surface area contributed by atoms with Crippen LogP contribution in [-0.4, -0.2) is 83.4 Å². The van der Waals surface area contributed by atoms with Crippen molar-refractivity contribution < 1.29 is 51.5 Å². The van der Waals surface area contributed by atoms with E-state index in [0.29, 0.717) is 24.8 Å². The van der Waals surface area contributed by atoms with Crippen molar-refractivity contribution in [3.8, 4) is 0 Å². The van der Waals surface area contributed by atoms with E-state index in [1.807, 2.05) is 30.3 Å². The normalized spacial score (nSPS) is 18.3. The summed E-state index contributed by atoms with van der Waals surface area (Å²) >= 11 is 0. The lowest BCUT2D eigenvalue weighted by Gasteiger charge is -2.35. The maximum atomic E-state index is 14.7. The fourth-order valence-corrected chi connectivity index (χ4v) is 7.78. The maximum Gasteiger partial charge on any atom is 0.417 e. The van der Waals surface area contributed by atoms with Crippen molar-refractivity contribution in [1.82, 2.24) is 26.2 Å². The number of nitrogens with zero attached hydrogens (tertiary/aromatic N) is 1. The largest absolute Gasteiger partial charge is 0.417 e. The summed E-state index contributed by atoms with van der Waals surface area (Å²) in [6, 6.07) is 16.5. The van der Waals surface area contributed by atoms with Gasteiger partial charge in [0.1, 0.15) is 18.1 Å². The summed E-state index contributed by atoms with van der Waals surface area (Å²) < 4.78 is 48.0. The van der Waals surface area contributed by atoms with Gasteiger partial charge in [-0.1, -0.05) is 105 Å². The number of alkyl halides is 3. The number of Topliss-reactive ketones (excluding diaryl/α,β-unsaturated/α-hetero) is 1. The van der Waals surface area contributed by atoms with E-state index in [-0.39, 0.29) is 26.0 Å². The molecule has 1 saturated heterocycles. The number of likely N-dealkylation sites (tertiary alicyclic amines) is 1. The molecule has 0 bridgehead atoms. The number of carbonyl (C=O) groups is 7. The summed E-state index contributed by atoms with van der Waals surface area (Å²) in [5.41, 5.74) is 4.89. The number of hydrogen-bond donors (Lipinski definition) is 5. The Labute approximate surface area is 351 Å². The first kappa shape index (κ1) is 46.0. The van der Waals surface area contributed by atoms with E-state index >= 15 is 0 Å². The van der Waals surface area contributed by atoms with E-state index in [4.69, 9.17) is 10.5 Å². The Morgan fingerprint density at radius 2 is 1.48 bits per heavy atom. The molecule has 6 amide bonds. The second-order valence-electron chi connectivity index (χ2n) is 15.3. The number of carbonyl (C=O) groups excluding carboxylic acids is 7. The fourth-order valence-electron chi connectivity index (χ4n) is 7.78. The third-order valence-corrected chi connectivity index (χ3v) is 10.9. The second-order valence-corrected chi connectivity index (χ2v) is 15.3. The molecule has 1 aliphatic carbocycles. The summed E-state index contributed by atoms with van der Waals surface area (Å²) in [5.74, 6) is -6.94. The molecule has 1 heterocycles. The van der Waals surface area contributed by atoms with Gasteiger partial charge in [0.25, 0.3) is 11.8 Å². The fraction of sp³-hybridized carbons (Fsp3) is 0.432. The zero-order valence-corrected chi connectivity index (χ0v) is 33.7. The highest BCUT2D eigenvalue weighted by molar-refractivity contribution is 6.38. The lowest BCUT2D eigenvalue weighted by molar-refractivity contribution is -0.143. The van der Waals surface area contributed by atoms with Gasteiger partial charge in [0, 0.05) is 13.0 Å². The van der Waals surface area contributed by atoms with Crippen molar-refractivity contribution in [3.63, 3.8) is 0 Å². The van der Waals surface area contributed by atoms with Crippen LogP contribution in [0.2, 0.25) is 0 Å². The van der Waals surface area contributed by atoms with Crippen LogP contribution in [0.15, 0.2) is 84.9 Å². The van der Waals surface area contributed by atoms with Gasteiger partial charge >= 0.3 is 6.18 Å². The summed E-state index contributed by atoms with van der Waals surface area (Å²) in [6.45, 7) is 1.05. The van der Waals surface area contributed by atoms with Gasteiger partial charge in [-0.25, -0.2) is 0 Å². The molecule has 0 spiro atoms. The third-order valence-electron chi connectivity index (χ3n) is 10.9. The van der Waals surface area contributed by atoms with E-state index in [1.165, 1.54) is 11.0 Å². The van der Waals surface area contributed by atoms with Crippen molar-refractivity contribution in [3.05, 3.63) is 107 Å². The van der Waals surface area contributed by atoms with E-state index < -0.39 is 101 Å². The molecule has 2 fully saturated rings. The standard InChI is InChI=1S/C44H51F3N6O8/c1-2-14-33(38(55)42(59)49-24-35(54)51-36(39(48)56)28-17-8-4-9-18-28)50-41(58)34-23-30(61-26-27-15-6-3-7-16-27)25-53(34)43(60)37(29-19-10-5-11-20-29)52-40(57)31-21-12-13-22-32(31)44(45,46)47/h3-4,6-9,12-13,15-18,21-22,29-30,33-34,36-37H,2,5,10-11,14,19-20,23-26H2,1H3,(H2,48,56)(H,49,59)(H,50,58)(H,51,54)(H,52,57)/t30-,33?,34?,36?,37?/m1/s1. The average Bonchev–Trinajstić information content (AvgIpc) is 3.70. The molecule has 17 heteroatoms. The van der Waals surface area contributed by atoms with Gasteiger partial charge in [0.15, 0.2) is 0 Å². The van der Waals surface area contributed by atoms with Gasteiger partial charge in [0.2, 0.25) is 29.4 Å². The zero-order chi connectivity index (χ0) is 44.1. The lowest BCUT2D eigenvalue weighted by Crippen LogP contribution is -2.58. The number of benzene rings is 3. The van der Waals surface area contributed by atoms with Crippen molar-refractivity contribution in [1.29, 1.82) is 0 Å². The van der Waals surface area contributed by atoms with E-state index in [2.05, 4.69) is 21.3 Å². The molecule has 3 aromatic rings. The van der Waals surface area contributed by atoms with Crippen LogP contribution in [0.1, 0.15) is 91.4 Å². The molecule has 0 radical (unpaired) electrons. The number of halogens is 3. The van der Waals surface area contributed by atoms with Gasteiger partial charge < -0.3 is 36.6 Å². The smallest absolute Gasteiger partial charge is 0.372 e. The van der Waals surface area contributed by atoms with E-state index in [0.717, 1.165) is 43.0 Å². The van der Waals surface area contributed by atoms with Crippen LogP contribution in [0.25, 0.3) is 0 Å². The predicted molar refractivity (Wildman–Crippen MR) is 216 cm³/mol. The Balaban J connectivity index is 1.34. The number of primary amides is 1. The van der Waals surface area contributed by atoms with Crippen LogP contribution in [0.4, 0.5) is 13.2 Å². The first-order valence-corrected chi connectivity index (χ1v) is 20.4. The molecule has 0 aromatic heterocycles. The molecule has 2 aliphatic rings. The molecule has 61 heavy (non-hydrogen) atoms. The van der Waals surface area contributed by atoms with Crippen molar-refractivity contribution in [2.75, 3.05) is 13.1 Å². The topological polar surface area (TPSA) is 206 Å². The number of ketones is 1. The van der Waals surface area contributed by atoms with Gasteiger partial charge in [-0.15, -0.1) is 0 Å². The first-order chi connectivity index (χ1) is 29.2. The van der Waals surface area contributed by atoms with Crippen molar-refractivity contribution >= 4 is 41.2 Å². The van der Waals surface area contributed by atoms with Crippen LogP contribution in [0.3, 0.4) is 0 Å². The van der Waals surface area contributed by atoms with Crippen LogP contribution >= 0.6 is 0 Å². The van der Waals surface area contributed by atoms with Crippen molar-refractivity contribution in [2.45, 2.75) is 101 Å². The first-order valence-electron chi connectivity index (χ1n) is 20.4. The number of nitrogens with two attached hydrogens (primary N) is 1. The summed E-state index contributed by atoms with van der Waals surface area (Å²) in [4.78, 5) is 95.1. The molecule has 1 saturated carbocycles. The molecular formula is C44H51F3N6O8. The number of hydrogen-bond acceptors (Lipinski definition) is 8. The molecule has 4 unspecified atom stereocenters. The zero-order valence-electron chi connectivity index (χ0n) is 33.7. The Morgan fingerprint density at radius 3 is 2.11 bits per heavy atom. The number of ether oxygens (including phenoxy) is 1. The Morgan fingerprint density at radius 1 is 0.836 bits per heavy atom. The molecule has 1 aliphatic heterocycles. The maximum absolute atomic E-state index is 14.7. The van der Waals surface area contributed by atoms with E-state index in [9.17, 15) is 46.7 Å². The number of amides is 6. The molecule has 326 valence electrons. The highest BCUT2D eigenvalue weighted by Crippen LogP contribution is 2.34. The molecular weight excluding hydrogens is 798 g/mol. The quantitative estimate of drug-likeness (QED) is 0.119. The summed E-state index contributed by atoms with van der Waals surface area (Å²) in [6.07, 6.45) is -1.89. The minimum atomic E-state index is -4.84. The Hall–Kier alpha value is -6.10. The van der Waals surface area contributed by atoms with E-state index in [1.54, 1.807) is 37.3 Å². The molecule has 14 nitrogen and oxygen atoms in total. The Kier molecular flexibility index (Phi) is 16.1. The highest BCUT2D eigenvalue weighted by atomic mass is 19.4. The molecule has 5 atom stereocenters. The molecule has 3 aromatic carbocycles. The summed E-state index contributed by atoms with van der Waals surface area (Å²) in [5, 5.41) is 9.86. The average molecular weight is 849 g/mol. The SMILES string of the molecule is CCCC(NC(=O)C1C[C@@H](OCc2ccccc2)CN1C(=O)C(NC(=O)c1ccccc1C(F)(F)F)C1CCCCC1)C(=O)C(=O)NCC(=O)NC(C(N)=O)c1ccccc1. The van der Waals surface area contributed by atoms with Crippen LogP contribution in [0, 0.1) is 5.92 Å². The van der Waals surface area contributed by atoms with Crippen LogP contribution < -0.4 is 27.0 Å². The third kappa shape index (κ3) is 12.5. The van der Waals surface area contributed by atoms with Crippen molar-refractivity contribution in [2.24, 2.45) is 11.7 Å². The van der Waals surface area contributed by atoms with Gasteiger partial charge in [0.05, 0.1) is 36.4 Å². The summed E-state index contributed by atoms with van der Waals surface area (Å²) in [7, 11) is 0. The minimum absolute atomic E-state index is 0.00984. The number of rotatable bonds is 18. The lowest BCUT2D eigenvalue weighted by atomic mass is 9.83. The monoisotopic (exact) mass is 848 g/mol. The highest BCUT2D eigenvalue weighted by Gasteiger charge is 2.46. The van der Waals surface area contributed by atoms with Gasteiger partial charge in [-0.05, 0) is 48.4 Å². The molecule has 6 N–H and O–H groups in total. The van der Waals surface area contributed by atoms with Crippen LogP contribution in [0.5, 0.6) is 0 Å². The predicted octanol–water partition coefficient (Wildman–Crippen LogP) is 3.88. The minimum Gasteiger partial charge on any atom is -0.372 e.